The Kier molecular flexibility index (Phi) is 5.50. The van der Waals surface area contributed by atoms with Crippen LogP contribution in [0.4, 0.5) is 0 Å². The second-order valence-corrected chi connectivity index (χ2v) is 8.20. The summed E-state index contributed by atoms with van der Waals surface area (Å²) in [7, 11) is 1.81. The first-order valence-electron chi connectivity index (χ1n) is 9.94. The molecule has 1 aromatic carbocycles. The molecule has 2 saturated heterocycles. The van der Waals surface area contributed by atoms with Gasteiger partial charge in [0.15, 0.2) is 0 Å². The number of nitrogens with one attached hydrogen (secondary N) is 1. The molecule has 144 valence electrons. The van der Waals surface area contributed by atoms with Gasteiger partial charge < -0.3 is 10.2 Å². The van der Waals surface area contributed by atoms with Gasteiger partial charge in [-0.05, 0) is 62.9 Å². The Morgan fingerprint density at radius 1 is 1.22 bits per heavy atom. The fourth-order valence-electron chi connectivity index (χ4n) is 4.60. The molecule has 1 N–H and O–H groups in total. The van der Waals surface area contributed by atoms with Crippen LogP contribution in [-0.4, -0.2) is 46.3 Å². The topological polar surface area (TPSA) is 50.2 Å². The number of aromatic nitrogens is 2. The molecule has 0 saturated carbocycles. The summed E-state index contributed by atoms with van der Waals surface area (Å²) in [5.41, 5.74) is 2.27. The van der Waals surface area contributed by atoms with Crippen LogP contribution in [0.5, 0.6) is 0 Å². The fraction of sp³-hybridized carbons (Fsp3) is 0.524. The van der Waals surface area contributed by atoms with E-state index in [1.54, 1.807) is 4.68 Å². The Bertz CT molecular complexity index is 816. The maximum Gasteiger partial charge on any atom is 0.269 e. The van der Waals surface area contributed by atoms with E-state index in [0.29, 0.717) is 22.7 Å². The predicted octanol–water partition coefficient (Wildman–Crippen LogP) is 3.73. The number of hydrogen-bond acceptors (Lipinski definition) is 3. The van der Waals surface area contributed by atoms with Crippen molar-refractivity contribution >= 4 is 17.5 Å². The third-order valence-corrected chi connectivity index (χ3v) is 6.22. The summed E-state index contributed by atoms with van der Waals surface area (Å²) in [6.45, 7) is 3.19. The minimum atomic E-state index is -0.0498. The lowest BCUT2D eigenvalue weighted by molar-refractivity contribution is 0.0574. The number of aryl methyl sites for hydroxylation is 1. The first-order valence-corrected chi connectivity index (χ1v) is 10.3. The quantitative estimate of drug-likeness (QED) is 0.870. The molecule has 2 aromatic rings. The molecule has 3 heterocycles. The van der Waals surface area contributed by atoms with Gasteiger partial charge in [-0.15, -0.1) is 0 Å². The van der Waals surface area contributed by atoms with Crippen molar-refractivity contribution in [2.75, 3.05) is 19.6 Å². The molecule has 0 radical (unpaired) electrons. The van der Waals surface area contributed by atoms with E-state index in [1.165, 1.54) is 45.2 Å². The number of fused-ring (bicyclic) bond motifs is 1. The van der Waals surface area contributed by atoms with Crippen molar-refractivity contribution in [3.63, 3.8) is 0 Å². The molecule has 5 nitrogen and oxygen atoms in total. The SMILES string of the molecule is Cn1nc(-c2cccc(Cl)c2)cc1C(=O)NC[C@H]1CCCN2CCCC[C@H]12. The number of nitrogens with zero attached hydrogens (tertiary/aromatic N) is 3. The molecule has 6 heteroatoms. The van der Waals surface area contributed by atoms with Crippen LogP contribution in [0.2, 0.25) is 5.02 Å². The van der Waals surface area contributed by atoms with E-state index in [4.69, 9.17) is 11.6 Å². The molecule has 0 aliphatic carbocycles. The van der Waals surface area contributed by atoms with E-state index in [9.17, 15) is 4.79 Å². The van der Waals surface area contributed by atoms with E-state index in [-0.39, 0.29) is 5.91 Å². The average molecular weight is 387 g/mol. The molecule has 4 rings (SSSR count). The van der Waals surface area contributed by atoms with Gasteiger partial charge in [0.25, 0.3) is 5.91 Å². The van der Waals surface area contributed by atoms with Crippen molar-refractivity contribution in [3.05, 3.63) is 41.0 Å². The van der Waals surface area contributed by atoms with E-state index >= 15 is 0 Å². The largest absolute Gasteiger partial charge is 0.350 e. The van der Waals surface area contributed by atoms with Crippen LogP contribution in [0.3, 0.4) is 0 Å². The van der Waals surface area contributed by atoms with E-state index < -0.39 is 0 Å². The molecular formula is C21H27ClN4O. The molecule has 2 atom stereocenters. The maximum absolute atomic E-state index is 12.8. The van der Waals surface area contributed by atoms with Gasteiger partial charge in [0.05, 0.1) is 5.69 Å². The Morgan fingerprint density at radius 2 is 2.07 bits per heavy atom. The summed E-state index contributed by atoms with van der Waals surface area (Å²) >= 11 is 6.08. The lowest BCUT2D eigenvalue weighted by atomic mass is 9.83. The molecular weight excluding hydrogens is 360 g/mol. The van der Waals surface area contributed by atoms with Crippen molar-refractivity contribution in [3.8, 4) is 11.3 Å². The number of carbonyl (C=O) groups excluding carboxylic acids is 1. The fourth-order valence-corrected chi connectivity index (χ4v) is 4.79. The Morgan fingerprint density at radius 3 is 2.93 bits per heavy atom. The van der Waals surface area contributed by atoms with Gasteiger partial charge in [-0.3, -0.25) is 9.48 Å². The third kappa shape index (κ3) is 4.04. The minimum Gasteiger partial charge on any atom is -0.350 e. The van der Waals surface area contributed by atoms with E-state index in [2.05, 4.69) is 15.3 Å². The maximum atomic E-state index is 12.8. The van der Waals surface area contributed by atoms with Crippen LogP contribution in [-0.2, 0) is 7.05 Å². The highest BCUT2D eigenvalue weighted by atomic mass is 35.5. The van der Waals surface area contributed by atoms with Crippen molar-refractivity contribution in [2.45, 2.75) is 38.1 Å². The summed E-state index contributed by atoms with van der Waals surface area (Å²) in [5, 5.41) is 8.32. The zero-order chi connectivity index (χ0) is 18.8. The Balaban J connectivity index is 1.42. The number of piperidine rings is 2. The van der Waals surface area contributed by atoms with Gasteiger partial charge in [0, 0.05) is 30.2 Å². The number of benzene rings is 1. The highest BCUT2D eigenvalue weighted by Crippen LogP contribution is 2.30. The Hall–Kier alpha value is -1.85. The van der Waals surface area contributed by atoms with Crippen molar-refractivity contribution in [1.82, 2.24) is 20.0 Å². The second-order valence-electron chi connectivity index (χ2n) is 7.76. The van der Waals surface area contributed by atoms with E-state index in [1.807, 2.05) is 37.4 Å². The summed E-state index contributed by atoms with van der Waals surface area (Å²) < 4.78 is 1.65. The average Bonchev–Trinajstić information content (AvgIpc) is 3.08. The summed E-state index contributed by atoms with van der Waals surface area (Å²) in [6.07, 6.45) is 6.35. The van der Waals surface area contributed by atoms with Crippen LogP contribution >= 0.6 is 11.6 Å². The van der Waals surface area contributed by atoms with Crippen molar-refractivity contribution in [2.24, 2.45) is 13.0 Å². The van der Waals surface area contributed by atoms with Gasteiger partial charge in [0.2, 0.25) is 0 Å². The number of amides is 1. The number of hydrogen-bond donors (Lipinski definition) is 1. The van der Waals surface area contributed by atoms with Crippen LogP contribution in [0.1, 0.15) is 42.6 Å². The summed E-state index contributed by atoms with van der Waals surface area (Å²) in [6, 6.07) is 10.0. The molecule has 0 unspecified atom stereocenters. The van der Waals surface area contributed by atoms with Gasteiger partial charge in [0.1, 0.15) is 5.69 Å². The summed E-state index contributed by atoms with van der Waals surface area (Å²) in [5.74, 6) is 0.509. The number of carbonyl (C=O) groups is 1. The van der Waals surface area contributed by atoms with Gasteiger partial charge in [-0.2, -0.15) is 5.10 Å². The third-order valence-electron chi connectivity index (χ3n) is 5.99. The predicted molar refractivity (Wildman–Crippen MR) is 108 cm³/mol. The van der Waals surface area contributed by atoms with Gasteiger partial charge in [-0.25, -0.2) is 0 Å². The summed E-state index contributed by atoms with van der Waals surface area (Å²) in [4.78, 5) is 15.4. The highest BCUT2D eigenvalue weighted by Gasteiger charge is 2.33. The molecule has 0 bridgehead atoms. The van der Waals surface area contributed by atoms with Crippen LogP contribution in [0, 0.1) is 5.92 Å². The van der Waals surface area contributed by atoms with Crippen LogP contribution < -0.4 is 5.32 Å². The molecule has 1 aromatic heterocycles. The molecule has 2 aliphatic rings. The Labute approximate surface area is 165 Å². The van der Waals surface area contributed by atoms with Crippen LogP contribution in [0.15, 0.2) is 30.3 Å². The normalized spacial score (nSPS) is 23.0. The van der Waals surface area contributed by atoms with Crippen molar-refractivity contribution in [1.29, 1.82) is 0 Å². The van der Waals surface area contributed by atoms with Gasteiger partial charge in [-0.1, -0.05) is 30.2 Å². The molecule has 27 heavy (non-hydrogen) atoms. The first kappa shape index (κ1) is 18.5. The number of rotatable bonds is 4. The van der Waals surface area contributed by atoms with Crippen LogP contribution in [0.25, 0.3) is 11.3 Å². The van der Waals surface area contributed by atoms with Gasteiger partial charge >= 0.3 is 0 Å². The molecule has 2 fully saturated rings. The lowest BCUT2D eigenvalue weighted by Crippen LogP contribution is -2.51. The monoisotopic (exact) mass is 386 g/mol. The molecule has 1 amide bonds. The van der Waals surface area contributed by atoms with E-state index in [0.717, 1.165) is 17.8 Å². The smallest absolute Gasteiger partial charge is 0.269 e. The standard InChI is InChI=1S/C21H27ClN4O/c1-25-20(13-18(24-25)15-6-4-8-17(22)12-15)21(27)23-14-16-7-5-11-26-10-3-2-9-19(16)26/h4,6,8,12-13,16,19H,2-3,5,7,9-11,14H2,1H3,(H,23,27)/t16-,19-/m1/s1. The first-order chi connectivity index (χ1) is 13.1. The number of halogens is 1. The molecule has 2 aliphatic heterocycles. The lowest BCUT2D eigenvalue weighted by Gasteiger charge is -2.44. The zero-order valence-corrected chi connectivity index (χ0v) is 16.6. The highest BCUT2D eigenvalue weighted by molar-refractivity contribution is 6.30. The zero-order valence-electron chi connectivity index (χ0n) is 15.8. The van der Waals surface area contributed by atoms with Crippen molar-refractivity contribution < 1.29 is 4.79 Å². The minimum absolute atomic E-state index is 0.0498. The molecule has 0 spiro atoms. The second kappa shape index (κ2) is 8.03.